The minimum atomic E-state index is 0.0410. The van der Waals surface area contributed by atoms with E-state index >= 15 is 0 Å². The van der Waals surface area contributed by atoms with Crippen molar-refractivity contribution in [2.24, 2.45) is 5.73 Å². The van der Waals surface area contributed by atoms with Crippen LogP contribution in [0.1, 0.15) is 24.2 Å². The van der Waals surface area contributed by atoms with Gasteiger partial charge in [-0.2, -0.15) is 5.10 Å². The van der Waals surface area contributed by atoms with E-state index in [2.05, 4.69) is 5.10 Å². The van der Waals surface area contributed by atoms with E-state index in [1.165, 1.54) is 0 Å². The van der Waals surface area contributed by atoms with Gasteiger partial charge in [-0.3, -0.25) is 0 Å². The van der Waals surface area contributed by atoms with Gasteiger partial charge >= 0.3 is 0 Å². The Morgan fingerprint density at radius 3 is 2.92 bits per heavy atom. The monoisotopic (exact) mass is 175 g/mol. The Labute approximate surface area is 77.2 Å². The van der Waals surface area contributed by atoms with Crippen molar-refractivity contribution in [2.75, 3.05) is 0 Å². The Kier molecular flexibility index (Phi) is 1.81. The third-order valence-electron chi connectivity index (χ3n) is 2.25. The van der Waals surface area contributed by atoms with Crippen LogP contribution in [0.3, 0.4) is 0 Å². The molecule has 0 aromatic carbocycles. The maximum absolute atomic E-state index is 5.82. The van der Waals surface area contributed by atoms with Gasteiger partial charge in [-0.15, -0.1) is 0 Å². The normalized spacial score (nSPS) is 13.5. The first-order valence-electron chi connectivity index (χ1n) is 4.39. The van der Waals surface area contributed by atoms with E-state index in [1.54, 1.807) is 0 Å². The second-order valence-corrected chi connectivity index (χ2v) is 3.35. The van der Waals surface area contributed by atoms with Gasteiger partial charge in [-0.25, -0.2) is 4.52 Å². The van der Waals surface area contributed by atoms with Crippen LogP contribution in [0.5, 0.6) is 0 Å². The fourth-order valence-electron chi connectivity index (χ4n) is 1.52. The fraction of sp³-hybridized carbons (Fsp3) is 0.300. The maximum atomic E-state index is 5.82. The van der Waals surface area contributed by atoms with Crippen LogP contribution in [0.2, 0.25) is 0 Å². The highest BCUT2D eigenvalue weighted by molar-refractivity contribution is 5.55. The van der Waals surface area contributed by atoms with Crippen molar-refractivity contribution in [1.29, 1.82) is 0 Å². The molecule has 0 saturated heterocycles. The number of hydrogen-bond acceptors (Lipinski definition) is 2. The van der Waals surface area contributed by atoms with Gasteiger partial charge in [-0.05, 0) is 26.0 Å². The van der Waals surface area contributed by atoms with Gasteiger partial charge in [0.05, 0.1) is 11.7 Å². The zero-order valence-electron chi connectivity index (χ0n) is 7.86. The molecule has 2 aromatic rings. The summed E-state index contributed by atoms with van der Waals surface area (Å²) in [7, 11) is 0. The smallest absolute Gasteiger partial charge is 0.0712 e. The lowest BCUT2D eigenvalue weighted by Gasteiger charge is -2.03. The average molecular weight is 175 g/mol. The van der Waals surface area contributed by atoms with Crippen LogP contribution < -0.4 is 5.73 Å². The number of nitrogens with two attached hydrogens (primary N) is 1. The molecule has 3 heteroatoms. The zero-order chi connectivity index (χ0) is 9.42. The highest BCUT2D eigenvalue weighted by Gasteiger charge is 2.07. The molecule has 13 heavy (non-hydrogen) atoms. The Balaban J connectivity index is 2.75. The Morgan fingerprint density at radius 1 is 1.46 bits per heavy atom. The van der Waals surface area contributed by atoms with Crippen molar-refractivity contribution in [3.63, 3.8) is 0 Å². The average Bonchev–Trinajstić information content (AvgIpc) is 2.48. The molecule has 1 atom stereocenters. The summed E-state index contributed by atoms with van der Waals surface area (Å²) in [6, 6.07) is 6.14. The molecule has 3 nitrogen and oxygen atoms in total. The van der Waals surface area contributed by atoms with E-state index in [0.717, 1.165) is 16.8 Å². The number of nitrogens with zero attached hydrogens (tertiary/aromatic N) is 2. The molecule has 0 bridgehead atoms. The lowest BCUT2D eigenvalue weighted by atomic mass is 10.1. The molecule has 0 aliphatic heterocycles. The number of pyridine rings is 1. The van der Waals surface area contributed by atoms with Crippen LogP contribution >= 0.6 is 0 Å². The molecule has 0 saturated carbocycles. The highest BCUT2D eigenvalue weighted by atomic mass is 15.2. The minimum absolute atomic E-state index is 0.0410. The van der Waals surface area contributed by atoms with E-state index in [9.17, 15) is 0 Å². The molecule has 0 radical (unpaired) electrons. The van der Waals surface area contributed by atoms with Gasteiger partial charge in [0.1, 0.15) is 0 Å². The number of aryl methyl sites for hydroxylation is 1. The van der Waals surface area contributed by atoms with Crippen molar-refractivity contribution in [3.05, 3.63) is 35.7 Å². The number of rotatable bonds is 1. The van der Waals surface area contributed by atoms with Crippen LogP contribution in [-0.2, 0) is 0 Å². The van der Waals surface area contributed by atoms with Gasteiger partial charge in [0.25, 0.3) is 0 Å². The minimum Gasteiger partial charge on any atom is -0.324 e. The van der Waals surface area contributed by atoms with Crippen LogP contribution in [0, 0.1) is 6.92 Å². The molecule has 0 amide bonds. The first kappa shape index (κ1) is 8.26. The number of aromatic nitrogens is 2. The lowest BCUT2D eigenvalue weighted by Crippen LogP contribution is -2.04. The quantitative estimate of drug-likeness (QED) is 0.716. The van der Waals surface area contributed by atoms with E-state index in [4.69, 9.17) is 5.73 Å². The molecular weight excluding hydrogens is 162 g/mol. The standard InChI is InChI=1S/C10H13N3/c1-7-4-3-5-10-9(8(2)11)6-12-13(7)10/h3-6,8H,11H2,1-2H3. The van der Waals surface area contributed by atoms with Crippen LogP contribution in [-0.4, -0.2) is 9.61 Å². The summed E-state index contributed by atoms with van der Waals surface area (Å²) < 4.78 is 1.92. The highest BCUT2D eigenvalue weighted by Crippen LogP contribution is 2.17. The molecule has 0 aliphatic rings. The molecule has 2 heterocycles. The van der Waals surface area contributed by atoms with Crippen molar-refractivity contribution < 1.29 is 0 Å². The molecule has 0 aliphatic carbocycles. The molecule has 68 valence electrons. The first-order valence-corrected chi connectivity index (χ1v) is 4.39. The van der Waals surface area contributed by atoms with E-state index in [0.29, 0.717) is 0 Å². The molecule has 0 fully saturated rings. The molecule has 2 aromatic heterocycles. The number of hydrogen-bond donors (Lipinski definition) is 1. The van der Waals surface area contributed by atoms with Gasteiger partial charge in [0.15, 0.2) is 0 Å². The van der Waals surface area contributed by atoms with Gasteiger partial charge in [0, 0.05) is 17.3 Å². The van der Waals surface area contributed by atoms with Crippen molar-refractivity contribution >= 4 is 5.52 Å². The third kappa shape index (κ3) is 1.21. The van der Waals surface area contributed by atoms with Crippen LogP contribution in [0.15, 0.2) is 24.4 Å². The second kappa shape index (κ2) is 2.85. The topological polar surface area (TPSA) is 43.3 Å². The van der Waals surface area contributed by atoms with E-state index < -0.39 is 0 Å². The molecule has 2 N–H and O–H groups in total. The van der Waals surface area contributed by atoms with Gasteiger partial charge in [0.2, 0.25) is 0 Å². The molecule has 2 rings (SSSR count). The number of fused-ring (bicyclic) bond motifs is 1. The van der Waals surface area contributed by atoms with E-state index in [1.807, 2.05) is 42.8 Å². The summed E-state index contributed by atoms with van der Waals surface area (Å²) in [5.41, 5.74) is 9.16. The van der Waals surface area contributed by atoms with Crippen molar-refractivity contribution in [1.82, 2.24) is 9.61 Å². The van der Waals surface area contributed by atoms with Crippen molar-refractivity contribution in [3.8, 4) is 0 Å². The summed E-state index contributed by atoms with van der Waals surface area (Å²) in [5, 5.41) is 4.28. The summed E-state index contributed by atoms with van der Waals surface area (Å²) in [4.78, 5) is 0. The second-order valence-electron chi connectivity index (χ2n) is 3.35. The molecule has 1 unspecified atom stereocenters. The molecule has 0 spiro atoms. The Bertz CT molecular complexity index is 429. The summed E-state index contributed by atoms with van der Waals surface area (Å²) in [6.07, 6.45) is 1.84. The van der Waals surface area contributed by atoms with Gasteiger partial charge < -0.3 is 5.73 Å². The largest absolute Gasteiger partial charge is 0.324 e. The summed E-state index contributed by atoms with van der Waals surface area (Å²) in [6.45, 7) is 4.00. The van der Waals surface area contributed by atoms with Crippen LogP contribution in [0.25, 0.3) is 5.52 Å². The SMILES string of the molecule is Cc1cccc2c(C(C)N)cnn12. The summed E-state index contributed by atoms with van der Waals surface area (Å²) >= 11 is 0. The lowest BCUT2D eigenvalue weighted by molar-refractivity contribution is 0.826. The van der Waals surface area contributed by atoms with Crippen molar-refractivity contribution in [2.45, 2.75) is 19.9 Å². The first-order chi connectivity index (χ1) is 6.20. The predicted molar refractivity (Wildman–Crippen MR) is 52.5 cm³/mol. The Morgan fingerprint density at radius 2 is 2.23 bits per heavy atom. The van der Waals surface area contributed by atoms with E-state index in [-0.39, 0.29) is 6.04 Å². The Hall–Kier alpha value is -1.35. The predicted octanol–water partition coefficient (Wildman–Crippen LogP) is 1.66. The fourth-order valence-corrected chi connectivity index (χ4v) is 1.52. The zero-order valence-corrected chi connectivity index (χ0v) is 7.86. The third-order valence-corrected chi connectivity index (χ3v) is 2.25. The maximum Gasteiger partial charge on any atom is 0.0712 e. The van der Waals surface area contributed by atoms with Crippen LogP contribution in [0.4, 0.5) is 0 Å². The summed E-state index contributed by atoms with van der Waals surface area (Å²) in [5.74, 6) is 0. The van der Waals surface area contributed by atoms with Gasteiger partial charge in [-0.1, -0.05) is 6.07 Å². The molecular formula is C10H13N3.